The number of halogens is 1. The van der Waals surface area contributed by atoms with Gasteiger partial charge in [0.25, 0.3) is 0 Å². The zero-order valence-electron chi connectivity index (χ0n) is 16.8. The number of benzene rings is 2. The summed E-state index contributed by atoms with van der Waals surface area (Å²) >= 11 is 6.18. The molecule has 0 unspecified atom stereocenters. The zero-order chi connectivity index (χ0) is 21.3. The lowest BCUT2D eigenvalue weighted by Gasteiger charge is -2.17. The molecule has 7 nitrogen and oxygen atoms in total. The van der Waals surface area contributed by atoms with E-state index in [1.807, 2.05) is 18.2 Å². The van der Waals surface area contributed by atoms with Gasteiger partial charge in [-0.05, 0) is 48.7 Å². The molecule has 0 saturated carbocycles. The molecule has 2 amide bonds. The number of hydrogen-bond donors (Lipinski definition) is 2. The first-order valence-corrected chi connectivity index (χ1v) is 10.2. The molecule has 1 aliphatic rings. The number of carbonyl (C=O) groups excluding carboxylic acids is 2. The Morgan fingerprint density at radius 2 is 2.00 bits per heavy atom. The van der Waals surface area contributed by atoms with Gasteiger partial charge in [-0.3, -0.25) is 9.59 Å². The maximum Gasteiger partial charge on any atom is 0.224 e. The third kappa shape index (κ3) is 6.11. The Kier molecular flexibility index (Phi) is 7.93. The van der Waals surface area contributed by atoms with E-state index < -0.39 is 0 Å². The molecule has 1 heterocycles. The van der Waals surface area contributed by atoms with Crippen molar-refractivity contribution in [3.8, 4) is 11.5 Å². The molecule has 0 radical (unpaired) electrons. The second-order valence-electron chi connectivity index (χ2n) is 6.83. The van der Waals surface area contributed by atoms with E-state index in [1.165, 1.54) is 0 Å². The average molecular weight is 433 g/mol. The van der Waals surface area contributed by atoms with Crippen molar-refractivity contribution in [1.29, 1.82) is 0 Å². The highest BCUT2D eigenvalue weighted by atomic mass is 35.5. The number of ether oxygens (including phenoxy) is 3. The van der Waals surface area contributed by atoms with Gasteiger partial charge in [0, 0.05) is 25.6 Å². The van der Waals surface area contributed by atoms with Gasteiger partial charge in [-0.2, -0.15) is 0 Å². The van der Waals surface area contributed by atoms with E-state index in [0.717, 1.165) is 17.0 Å². The van der Waals surface area contributed by atoms with Gasteiger partial charge in [0.15, 0.2) is 5.75 Å². The minimum Gasteiger partial charge on any atom is -0.494 e. The summed E-state index contributed by atoms with van der Waals surface area (Å²) in [6.07, 6.45) is 2.04. The van der Waals surface area contributed by atoms with Crippen LogP contribution in [0.25, 0.3) is 0 Å². The number of anilines is 2. The van der Waals surface area contributed by atoms with Crippen LogP contribution in [0.4, 0.5) is 11.4 Å². The van der Waals surface area contributed by atoms with E-state index >= 15 is 0 Å². The van der Waals surface area contributed by atoms with Crippen LogP contribution >= 0.6 is 11.6 Å². The SMILES string of the molecule is COCCOc1c(Cl)cccc1NC(=O)CCCOc1ccc2c(c1)CCC(=O)N2. The lowest BCUT2D eigenvalue weighted by Crippen LogP contribution is -2.18. The largest absolute Gasteiger partial charge is 0.494 e. The molecule has 1 aliphatic heterocycles. The molecule has 2 aromatic rings. The number of hydrogen-bond acceptors (Lipinski definition) is 5. The molecule has 0 aliphatic carbocycles. The van der Waals surface area contributed by atoms with Gasteiger partial charge in [-0.15, -0.1) is 0 Å². The molecule has 160 valence electrons. The summed E-state index contributed by atoms with van der Waals surface area (Å²) in [5.74, 6) is 1.05. The van der Waals surface area contributed by atoms with Crippen molar-refractivity contribution in [1.82, 2.24) is 0 Å². The number of fused-ring (bicyclic) bond motifs is 1. The highest BCUT2D eigenvalue weighted by molar-refractivity contribution is 6.32. The number of para-hydroxylation sites is 1. The Morgan fingerprint density at radius 3 is 2.83 bits per heavy atom. The van der Waals surface area contributed by atoms with E-state index in [0.29, 0.717) is 62.0 Å². The van der Waals surface area contributed by atoms with Crippen molar-refractivity contribution in [2.75, 3.05) is 37.6 Å². The molecule has 3 rings (SSSR count). The highest BCUT2D eigenvalue weighted by Gasteiger charge is 2.15. The van der Waals surface area contributed by atoms with E-state index in [1.54, 1.807) is 25.3 Å². The van der Waals surface area contributed by atoms with Gasteiger partial charge < -0.3 is 24.8 Å². The fraction of sp³-hybridized carbons (Fsp3) is 0.364. The van der Waals surface area contributed by atoms with Gasteiger partial charge in [0.1, 0.15) is 12.4 Å². The van der Waals surface area contributed by atoms with Crippen LogP contribution in [0.5, 0.6) is 11.5 Å². The number of amides is 2. The van der Waals surface area contributed by atoms with Crippen molar-refractivity contribution in [3.63, 3.8) is 0 Å². The molecule has 0 bridgehead atoms. The van der Waals surface area contributed by atoms with E-state index in [-0.39, 0.29) is 11.8 Å². The Hall–Kier alpha value is -2.77. The third-order valence-corrected chi connectivity index (χ3v) is 4.86. The second kappa shape index (κ2) is 10.8. The predicted molar refractivity (Wildman–Crippen MR) is 116 cm³/mol. The molecule has 0 saturated heterocycles. The van der Waals surface area contributed by atoms with Crippen LogP contribution in [0.3, 0.4) is 0 Å². The quantitative estimate of drug-likeness (QED) is 0.553. The lowest BCUT2D eigenvalue weighted by atomic mass is 10.0. The first-order valence-electron chi connectivity index (χ1n) is 9.82. The van der Waals surface area contributed by atoms with E-state index in [4.69, 9.17) is 25.8 Å². The lowest BCUT2D eigenvalue weighted by molar-refractivity contribution is -0.117. The van der Waals surface area contributed by atoms with Crippen LogP contribution in [0.1, 0.15) is 24.8 Å². The summed E-state index contributed by atoms with van der Waals surface area (Å²) < 4.78 is 16.4. The van der Waals surface area contributed by atoms with Crippen LogP contribution in [-0.4, -0.2) is 38.7 Å². The predicted octanol–water partition coefficient (Wildman–Crippen LogP) is 4.05. The third-order valence-electron chi connectivity index (χ3n) is 4.56. The minimum absolute atomic E-state index is 0.0362. The number of nitrogens with one attached hydrogen (secondary N) is 2. The molecule has 0 fully saturated rings. The van der Waals surface area contributed by atoms with Gasteiger partial charge in [0.2, 0.25) is 11.8 Å². The van der Waals surface area contributed by atoms with Crippen LogP contribution in [-0.2, 0) is 20.7 Å². The summed E-state index contributed by atoms with van der Waals surface area (Å²) in [7, 11) is 1.59. The maximum absolute atomic E-state index is 12.3. The zero-order valence-corrected chi connectivity index (χ0v) is 17.6. The summed E-state index contributed by atoms with van der Waals surface area (Å²) in [6.45, 7) is 1.16. The van der Waals surface area contributed by atoms with Crippen LogP contribution < -0.4 is 20.1 Å². The Labute approximate surface area is 180 Å². The number of carbonyl (C=O) groups is 2. The van der Waals surface area contributed by atoms with Gasteiger partial charge in [0.05, 0.1) is 23.9 Å². The molecule has 2 N–H and O–H groups in total. The standard InChI is InChI=1S/C22H25ClN2O5/c1-28-12-13-30-22-17(23)4-2-5-19(22)25-20(26)6-3-11-29-16-8-9-18-15(14-16)7-10-21(27)24-18/h2,4-5,8-9,14H,3,6-7,10-13H2,1H3,(H,24,27)(H,25,26). The first kappa shape index (κ1) is 21.9. The Bertz CT molecular complexity index is 903. The molecule has 0 atom stereocenters. The van der Waals surface area contributed by atoms with Crippen molar-refractivity contribution in [2.24, 2.45) is 0 Å². The summed E-state index contributed by atoms with van der Waals surface area (Å²) in [4.78, 5) is 23.7. The van der Waals surface area contributed by atoms with Gasteiger partial charge in [-0.25, -0.2) is 0 Å². The van der Waals surface area contributed by atoms with Crippen molar-refractivity contribution >= 4 is 34.8 Å². The fourth-order valence-electron chi connectivity index (χ4n) is 3.07. The first-order chi connectivity index (χ1) is 14.6. The summed E-state index contributed by atoms with van der Waals surface area (Å²) in [5.41, 5.74) is 2.43. The molecule has 0 spiro atoms. The monoisotopic (exact) mass is 432 g/mol. The molecule has 0 aromatic heterocycles. The van der Waals surface area contributed by atoms with Crippen LogP contribution in [0.2, 0.25) is 5.02 Å². The van der Waals surface area contributed by atoms with E-state index in [9.17, 15) is 9.59 Å². The number of methoxy groups -OCH3 is 1. The Balaban J connectivity index is 1.45. The van der Waals surface area contributed by atoms with Crippen molar-refractivity contribution in [3.05, 3.63) is 47.0 Å². The van der Waals surface area contributed by atoms with Gasteiger partial charge >= 0.3 is 0 Å². The normalized spacial score (nSPS) is 12.7. The molecular formula is C22H25ClN2O5. The van der Waals surface area contributed by atoms with Crippen molar-refractivity contribution < 1.29 is 23.8 Å². The number of aryl methyl sites for hydroxylation is 1. The van der Waals surface area contributed by atoms with Crippen molar-refractivity contribution in [2.45, 2.75) is 25.7 Å². The maximum atomic E-state index is 12.3. The topological polar surface area (TPSA) is 85.9 Å². The van der Waals surface area contributed by atoms with Crippen LogP contribution in [0, 0.1) is 0 Å². The summed E-state index contributed by atoms with van der Waals surface area (Å²) in [5, 5.41) is 6.11. The second-order valence-corrected chi connectivity index (χ2v) is 7.23. The molecule has 2 aromatic carbocycles. The van der Waals surface area contributed by atoms with E-state index in [2.05, 4.69) is 10.6 Å². The molecule has 8 heteroatoms. The minimum atomic E-state index is -0.148. The van der Waals surface area contributed by atoms with Gasteiger partial charge in [-0.1, -0.05) is 17.7 Å². The molecule has 30 heavy (non-hydrogen) atoms. The van der Waals surface area contributed by atoms with Crippen LogP contribution in [0.15, 0.2) is 36.4 Å². The number of rotatable bonds is 10. The average Bonchev–Trinajstić information content (AvgIpc) is 2.73. The molecular weight excluding hydrogens is 408 g/mol. The Morgan fingerprint density at radius 1 is 1.13 bits per heavy atom. The smallest absolute Gasteiger partial charge is 0.224 e. The fourth-order valence-corrected chi connectivity index (χ4v) is 3.30. The highest BCUT2D eigenvalue weighted by Crippen LogP contribution is 2.33. The summed E-state index contributed by atoms with van der Waals surface area (Å²) in [6, 6.07) is 10.8.